The van der Waals surface area contributed by atoms with Gasteiger partial charge >= 0.3 is 0 Å². The molecule has 2 nitrogen and oxygen atoms in total. The predicted octanol–water partition coefficient (Wildman–Crippen LogP) is 2.58. The topological polar surface area (TPSA) is 21.3 Å². The van der Waals surface area contributed by atoms with Gasteiger partial charge in [-0.1, -0.05) is 15.9 Å². The minimum atomic E-state index is 0.748. The van der Waals surface area contributed by atoms with Crippen molar-refractivity contribution in [1.82, 2.24) is 5.32 Å². The van der Waals surface area contributed by atoms with E-state index in [1.807, 2.05) is 24.3 Å². The number of halogens is 1. The highest BCUT2D eigenvalue weighted by molar-refractivity contribution is 9.10. The van der Waals surface area contributed by atoms with Crippen molar-refractivity contribution < 1.29 is 4.74 Å². The molecule has 0 heterocycles. The first kappa shape index (κ1) is 9.99. The van der Waals surface area contributed by atoms with Gasteiger partial charge in [0.05, 0.1) is 0 Å². The van der Waals surface area contributed by atoms with E-state index in [0.29, 0.717) is 0 Å². The Morgan fingerprint density at radius 2 is 2.00 bits per heavy atom. The maximum absolute atomic E-state index is 5.56. The molecule has 1 aliphatic rings. The van der Waals surface area contributed by atoms with E-state index in [4.69, 9.17) is 4.74 Å². The lowest BCUT2D eigenvalue weighted by Crippen LogP contribution is -2.22. The highest BCUT2D eigenvalue weighted by Gasteiger charge is 2.19. The minimum Gasteiger partial charge on any atom is -0.492 e. The van der Waals surface area contributed by atoms with E-state index in [-0.39, 0.29) is 0 Å². The molecule has 0 unspecified atom stereocenters. The first-order valence-corrected chi connectivity index (χ1v) is 5.75. The number of hydrogen-bond acceptors (Lipinski definition) is 2. The van der Waals surface area contributed by atoms with Crippen molar-refractivity contribution in [1.29, 1.82) is 0 Å². The molecule has 1 N–H and O–H groups in total. The van der Waals surface area contributed by atoms with Gasteiger partial charge in [-0.25, -0.2) is 0 Å². The van der Waals surface area contributed by atoms with Gasteiger partial charge in [0.1, 0.15) is 12.4 Å². The number of nitrogens with one attached hydrogen (secondary N) is 1. The normalized spacial score (nSPS) is 15.5. The van der Waals surface area contributed by atoms with Gasteiger partial charge < -0.3 is 10.1 Å². The van der Waals surface area contributed by atoms with E-state index in [1.165, 1.54) is 12.8 Å². The molecule has 1 aromatic carbocycles. The summed E-state index contributed by atoms with van der Waals surface area (Å²) >= 11 is 3.39. The van der Waals surface area contributed by atoms with Crippen LogP contribution < -0.4 is 10.1 Å². The van der Waals surface area contributed by atoms with Crippen LogP contribution >= 0.6 is 15.9 Å². The zero-order chi connectivity index (χ0) is 9.80. The third-order valence-electron chi connectivity index (χ3n) is 2.19. The molecular formula is C11H14BrNO. The lowest BCUT2D eigenvalue weighted by molar-refractivity contribution is 0.313. The summed E-state index contributed by atoms with van der Waals surface area (Å²) in [6.45, 7) is 1.69. The lowest BCUT2D eigenvalue weighted by atomic mass is 10.3. The maximum Gasteiger partial charge on any atom is 0.119 e. The van der Waals surface area contributed by atoms with Crippen molar-refractivity contribution in [3.63, 3.8) is 0 Å². The Kier molecular flexibility index (Phi) is 3.43. The van der Waals surface area contributed by atoms with Gasteiger partial charge in [-0.2, -0.15) is 0 Å². The molecule has 76 valence electrons. The van der Waals surface area contributed by atoms with Crippen LogP contribution in [0.5, 0.6) is 5.75 Å². The Bertz CT molecular complexity index is 282. The Morgan fingerprint density at radius 3 is 2.64 bits per heavy atom. The molecule has 1 saturated carbocycles. The van der Waals surface area contributed by atoms with E-state index in [1.54, 1.807) is 0 Å². The summed E-state index contributed by atoms with van der Waals surface area (Å²) < 4.78 is 6.64. The first-order chi connectivity index (χ1) is 6.84. The van der Waals surface area contributed by atoms with Crippen molar-refractivity contribution in [3.8, 4) is 5.75 Å². The monoisotopic (exact) mass is 255 g/mol. The molecule has 3 heteroatoms. The smallest absolute Gasteiger partial charge is 0.119 e. The molecule has 0 aromatic heterocycles. The quantitative estimate of drug-likeness (QED) is 0.817. The van der Waals surface area contributed by atoms with Gasteiger partial charge in [0, 0.05) is 17.1 Å². The number of benzene rings is 1. The van der Waals surface area contributed by atoms with Crippen LogP contribution in [0.1, 0.15) is 12.8 Å². The number of ether oxygens (including phenoxy) is 1. The van der Waals surface area contributed by atoms with Crippen molar-refractivity contribution in [2.24, 2.45) is 0 Å². The van der Waals surface area contributed by atoms with Gasteiger partial charge in [0.25, 0.3) is 0 Å². The van der Waals surface area contributed by atoms with E-state index in [0.717, 1.165) is 29.4 Å². The summed E-state index contributed by atoms with van der Waals surface area (Å²) in [4.78, 5) is 0. The maximum atomic E-state index is 5.56. The van der Waals surface area contributed by atoms with Crippen molar-refractivity contribution in [2.45, 2.75) is 18.9 Å². The zero-order valence-corrected chi connectivity index (χ0v) is 9.59. The molecule has 1 aromatic rings. The van der Waals surface area contributed by atoms with Gasteiger partial charge in [-0.05, 0) is 37.1 Å². The van der Waals surface area contributed by atoms with Crippen molar-refractivity contribution in [3.05, 3.63) is 28.7 Å². The Balaban J connectivity index is 1.66. The van der Waals surface area contributed by atoms with E-state index in [9.17, 15) is 0 Å². The molecule has 1 aliphatic carbocycles. The third kappa shape index (κ3) is 3.31. The van der Waals surface area contributed by atoms with Crippen LogP contribution in [0, 0.1) is 0 Å². The summed E-state index contributed by atoms with van der Waals surface area (Å²) in [5.74, 6) is 0.936. The van der Waals surface area contributed by atoms with Crippen molar-refractivity contribution >= 4 is 15.9 Å². The minimum absolute atomic E-state index is 0.748. The Morgan fingerprint density at radius 1 is 1.29 bits per heavy atom. The van der Waals surface area contributed by atoms with Crippen LogP contribution in [0.25, 0.3) is 0 Å². The molecule has 0 radical (unpaired) electrons. The largest absolute Gasteiger partial charge is 0.492 e. The van der Waals surface area contributed by atoms with Gasteiger partial charge in [0.15, 0.2) is 0 Å². The zero-order valence-electron chi connectivity index (χ0n) is 8.00. The molecule has 0 saturated heterocycles. The van der Waals surface area contributed by atoms with Gasteiger partial charge in [-0.15, -0.1) is 0 Å². The van der Waals surface area contributed by atoms with Crippen LogP contribution in [-0.2, 0) is 0 Å². The predicted molar refractivity (Wildman–Crippen MR) is 60.7 cm³/mol. The molecule has 0 spiro atoms. The standard InChI is InChI=1S/C11H14BrNO/c12-9-1-5-11(6-2-9)14-8-7-13-10-3-4-10/h1-2,5-6,10,13H,3-4,7-8H2. The second-order valence-corrected chi connectivity index (χ2v) is 4.45. The Labute approximate surface area is 92.8 Å². The molecular weight excluding hydrogens is 242 g/mol. The van der Waals surface area contributed by atoms with E-state index >= 15 is 0 Å². The molecule has 14 heavy (non-hydrogen) atoms. The summed E-state index contributed by atoms with van der Waals surface area (Å²) in [6.07, 6.45) is 2.66. The first-order valence-electron chi connectivity index (χ1n) is 4.96. The van der Waals surface area contributed by atoms with Gasteiger partial charge in [-0.3, -0.25) is 0 Å². The summed E-state index contributed by atoms with van der Waals surface area (Å²) in [5.41, 5.74) is 0. The van der Waals surface area contributed by atoms with Crippen molar-refractivity contribution in [2.75, 3.05) is 13.2 Å². The van der Waals surface area contributed by atoms with Crippen LogP contribution in [-0.4, -0.2) is 19.2 Å². The summed E-state index contributed by atoms with van der Waals surface area (Å²) in [5, 5.41) is 3.40. The average molecular weight is 256 g/mol. The van der Waals surface area contributed by atoms with Crippen LogP contribution in [0.4, 0.5) is 0 Å². The average Bonchev–Trinajstić information content (AvgIpc) is 2.99. The number of hydrogen-bond donors (Lipinski definition) is 1. The van der Waals surface area contributed by atoms with Gasteiger partial charge in [0.2, 0.25) is 0 Å². The summed E-state index contributed by atoms with van der Waals surface area (Å²) in [7, 11) is 0. The number of rotatable bonds is 5. The second kappa shape index (κ2) is 4.80. The van der Waals surface area contributed by atoms with Crippen LogP contribution in [0.2, 0.25) is 0 Å². The SMILES string of the molecule is Brc1ccc(OCCNC2CC2)cc1. The fourth-order valence-electron chi connectivity index (χ4n) is 1.25. The fraction of sp³-hybridized carbons (Fsp3) is 0.455. The molecule has 0 atom stereocenters. The van der Waals surface area contributed by atoms with E-state index < -0.39 is 0 Å². The fourth-order valence-corrected chi connectivity index (χ4v) is 1.51. The highest BCUT2D eigenvalue weighted by atomic mass is 79.9. The molecule has 1 fully saturated rings. The molecule has 0 amide bonds. The van der Waals surface area contributed by atoms with Crippen LogP contribution in [0.3, 0.4) is 0 Å². The van der Waals surface area contributed by atoms with E-state index in [2.05, 4.69) is 21.2 Å². The molecule has 0 aliphatic heterocycles. The molecule has 0 bridgehead atoms. The third-order valence-corrected chi connectivity index (χ3v) is 2.72. The lowest BCUT2D eigenvalue weighted by Gasteiger charge is -2.06. The van der Waals surface area contributed by atoms with Crippen LogP contribution in [0.15, 0.2) is 28.7 Å². The highest BCUT2D eigenvalue weighted by Crippen LogP contribution is 2.18. The molecule has 2 rings (SSSR count). The summed E-state index contributed by atoms with van der Waals surface area (Å²) in [6, 6.07) is 8.69. The second-order valence-electron chi connectivity index (χ2n) is 3.53. The Hall–Kier alpha value is -0.540.